The molecule has 4 heterocycles. The summed E-state index contributed by atoms with van der Waals surface area (Å²) >= 11 is 1.07. The molecule has 10 heteroatoms. The molecule has 0 bridgehead atoms. The van der Waals surface area contributed by atoms with Gasteiger partial charge in [-0.05, 0) is 23.6 Å². The minimum atomic E-state index is -1.50. The van der Waals surface area contributed by atoms with Crippen molar-refractivity contribution in [3.8, 4) is 11.4 Å². The van der Waals surface area contributed by atoms with Gasteiger partial charge in [-0.25, -0.2) is 4.79 Å². The highest BCUT2D eigenvalue weighted by Gasteiger charge is 2.49. The van der Waals surface area contributed by atoms with E-state index in [9.17, 15) is 24.3 Å². The number of nitrogens with one attached hydrogen (secondary N) is 1. The average molecular weight is 500 g/mol. The lowest BCUT2D eigenvalue weighted by Crippen LogP contribution is -2.30. The number of esters is 1. The van der Waals surface area contributed by atoms with Crippen LogP contribution in [0.15, 0.2) is 60.1 Å². The second kappa shape index (κ2) is 8.08. The minimum absolute atomic E-state index is 0.0182. The van der Waals surface area contributed by atoms with E-state index in [0.717, 1.165) is 16.2 Å². The molecule has 0 radical (unpaired) electrons. The van der Waals surface area contributed by atoms with Crippen molar-refractivity contribution >= 4 is 40.5 Å². The van der Waals surface area contributed by atoms with Gasteiger partial charge in [0.15, 0.2) is 17.8 Å². The number of benzene rings is 1. The maximum atomic E-state index is 13.8. The number of ketones is 2. The van der Waals surface area contributed by atoms with Gasteiger partial charge in [-0.3, -0.25) is 24.3 Å². The lowest BCUT2D eigenvalue weighted by Gasteiger charge is -2.22. The summed E-state index contributed by atoms with van der Waals surface area (Å²) in [5, 5.41) is 13.0. The van der Waals surface area contributed by atoms with Crippen molar-refractivity contribution in [3.05, 3.63) is 92.9 Å². The maximum Gasteiger partial charge on any atom is 0.350 e. The lowest BCUT2D eigenvalue weighted by atomic mass is 9.95. The number of thiophene rings is 1. The second-order valence-electron chi connectivity index (χ2n) is 8.30. The van der Waals surface area contributed by atoms with Gasteiger partial charge in [0.2, 0.25) is 0 Å². The third-order valence-corrected chi connectivity index (χ3v) is 7.35. The average Bonchev–Trinajstić information content (AvgIpc) is 3.64. The number of ether oxygens (including phenoxy) is 1. The minimum Gasteiger partial charge on any atom is -0.465 e. The highest BCUT2D eigenvalue weighted by Crippen LogP contribution is 2.47. The van der Waals surface area contributed by atoms with Gasteiger partial charge < -0.3 is 14.8 Å². The van der Waals surface area contributed by atoms with E-state index in [0.29, 0.717) is 11.4 Å². The zero-order valence-corrected chi connectivity index (χ0v) is 19.5. The van der Waals surface area contributed by atoms with Crippen LogP contribution in [-0.2, 0) is 4.74 Å². The number of rotatable bonds is 4. The van der Waals surface area contributed by atoms with Gasteiger partial charge in [0.1, 0.15) is 10.8 Å². The van der Waals surface area contributed by atoms with E-state index >= 15 is 0 Å². The smallest absolute Gasteiger partial charge is 0.350 e. The van der Waals surface area contributed by atoms with Gasteiger partial charge in [-0.15, -0.1) is 11.3 Å². The Balaban J connectivity index is 1.56. The Morgan fingerprint density at radius 2 is 1.75 bits per heavy atom. The van der Waals surface area contributed by atoms with Crippen LogP contribution < -0.4 is 4.90 Å². The quantitative estimate of drug-likeness (QED) is 0.323. The summed E-state index contributed by atoms with van der Waals surface area (Å²) in [7, 11) is 1.23. The number of carbonyl (C=O) groups excluding carboxylic acids is 4. The van der Waals surface area contributed by atoms with Gasteiger partial charge >= 0.3 is 5.97 Å². The molecule has 36 heavy (non-hydrogen) atoms. The molecule has 0 saturated heterocycles. The first-order valence-corrected chi connectivity index (χ1v) is 11.8. The summed E-state index contributed by atoms with van der Waals surface area (Å²) in [6.07, 6.45) is 0.0561. The molecule has 1 amide bonds. The first-order valence-electron chi connectivity index (χ1n) is 11.0. The molecule has 178 valence electrons. The fraction of sp³-hybridized carbons (Fsp3) is 0.115. The van der Waals surface area contributed by atoms with Crippen LogP contribution in [0.3, 0.4) is 0 Å². The fourth-order valence-corrected chi connectivity index (χ4v) is 5.70. The third kappa shape index (κ3) is 2.95. The number of pyridine rings is 1. The van der Waals surface area contributed by atoms with E-state index in [1.54, 1.807) is 54.0 Å². The Kier molecular flexibility index (Phi) is 4.95. The van der Waals surface area contributed by atoms with Crippen molar-refractivity contribution in [2.24, 2.45) is 0 Å². The standard InChI is InChI=1S/C26H17N3O6S/c1-35-26(34)23-15(9-11-36-23)29-24(32)16-17(25(29)33)20(28-19(16)14-8-4-5-10-27-14)18-21(30)12-6-2-3-7-13(12)22(18)31/h2-11,18,24,28,32H,1H3. The number of H-pyrrole nitrogens is 1. The Morgan fingerprint density at radius 1 is 1.06 bits per heavy atom. The Morgan fingerprint density at radius 3 is 2.39 bits per heavy atom. The fourth-order valence-electron chi connectivity index (χ4n) is 4.90. The summed E-state index contributed by atoms with van der Waals surface area (Å²) in [6.45, 7) is 0. The molecule has 1 atom stereocenters. The number of nitrogens with zero attached hydrogens (tertiary/aromatic N) is 2. The zero-order valence-electron chi connectivity index (χ0n) is 18.7. The maximum absolute atomic E-state index is 13.8. The van der Waals surface area contributed by atoms with E-state index in [1.807, 2.05) is 0 Å². The van der Waals surface area contributed by atoms with E-state index in [1.165, 1.54) is 13.2 Å². The largest absolute Gasteiger partial charge is 0.465 e. The van der Waals surface area contributed by atoms with E-state index < -0.39 is 35.6 Å². The molecule has 1 aromatic carbocycles. The molecule has 1 aliphatic heterocycles. The molecule has 4 aromatic rings. The van der Waals surface area contributed by atoms with Crippen molar-refractivity contribution in [1.82, 2.24) is 9.97 Å². The zero-order chi connectivity index (χ0) is 25.1. The van der Waals surface area contributed by atoms with Gasteiger partial charge in [-0.2, -0.15) is 0 Å². The van der Waals surface area contributed by atoms with Crippen LogP contribution in [0.1, 0.15) is 64.1 Å². The van der Waals surface area contributed by atoms with Crippen LogP contribution in [0.5, 0.6) is 0 Å². The van der Waals surface area contributed by atoms with Crippen LogP contribution in [0.2, 0.25) is 0 Å². The number of Topliss-reactive ketones (excluding diaryl/α,β-unsaturated/α-hetero) is 2. The lowest BCUT2D eigenvalue weighted by molar-refractivity contribution is 0.0606. The van der Waals surface area contributed by atoms with Crippen LogP contribution in [0.4, 0.5) is 5.69 Å². The first kappa shape index (κ1) is 22.1. The van der Waals surface area contributed by atoms with E-state index in [2.05, 4.69) is 9.97 Å². The van der Waals surface area contributed by atoms with Gasteiger partial charge in [0.05, 0.1) is 29.7 Å². The number of hydrogen-bond donors (Lipinski definition) is 2. The van der Waals surface area contributed by atoms with Crippen molar-refractivity contribution in [3.63, 3.8) is 0 Å². The number of amides is 1. The van der Waals surface area contributed by atoms with Crippen molar-refractivity contribution in [2.75, 3.05) is 12.0 Å². The molecular formula is C26H17N3O6S. The Bertz CT molecular complexity index is 1550. The Labute approximate surface area is 208 Å². The second-order valence-corrected chi connectivity index (χ2v) is 9.22. The van der Waals surface area contributed by atoms with Crippen LogP contribution >= 0.6 is 11.3 Å². The monoisotopic (exact) mass is 499 g/mol. The van der Waals surface area contributed by atoms with Crippen molar-refractivity contribution < 1.29 is 29.0 Å². The summed E-state index contributed by atoms with van der Waals surface area (Å²) in [4.78, 5) is 61.4. The number of methoxy groups -OCH3 is 1. The third-order valence-electron chi connectivity index (χ3n) is 6.47. The molecule has 0 spiro atoms. The number of aliphatic hydroxyl groups excluding tert-OH is 1. The SMILES string of the molecule is COC(=O)c1sccc1N1C(=O)c2c(C3C(=O)c4ccccc4C3=O)[nH]c(-c3ccccn3)c2C1O. The number of carbonyl (C=O) groups is 4. The number of hydrogen-bond acceptors (Lipinski definition) is 8. The molecule has 6 rings (SSSR count). The molecule has 2 aliphatic rings. The molecule has 9 nitrogen and oxygen atoms in total. The molecule has 0 saturated carbocycles. The Hall–Kier alpha value is -4.41. The summed E-state index contributed by atoms with van der Waals surface area (Å²) in [6, 6.07) is 13.2. The van der Waals surface area contributed by atoms with Crippen LogP contribution in [0, 0.1) is 0 Å². The van der Waals surface area contributed by atoms with Crippen LogP contribution in [0.25, 0.3) is 11.4 Å². The summed E-state index contributed by atoms with van der Waals surface area (Å²) < 4.78 is 4.83. The molecule has 3 aromatic heterocycles. The van der Waals surface area contributed by atoms with Gasteiger partial charge in [0, 0.05) is 28.6 Å². The van der Waals surface area contributed by atoms with Crippen LogP contribution in [-0.4, -0.2) is 45.6 Å². The van der Waals surface area contributed by atoms with E-state index in [4.69, 9.17) is 4.74 Å². The number of fused-ring (bicyclic) bond motifs is 2. The highest BCUT2D eigenvalue weighted by atomic mass is 32.1. The molecule has 1 aliphatic carbocycles. The normalized spacial score (nSPS) is 17.0. The summed E-state index contributed by atoms with van der Waals surface area (Å²) in [5.41, 5.74) is 1.77. The number of aromatic amines is 1. The van der Waals surface area contributed by atoms with E-state index in [-0.39, 0.29) is 38.5 Å². The molecule has 2 N–H and O–H groups in total. The predicted molar refractivity (Wildman–Crippen MR) is 129 cm³/mol. The number of anilines is 1. The molecule has 1 unspecified atom stereocenters. The van der Waals surface area contributed by atoms with Gasteiger partial charge in [-0.1, -0.05) is 30.3 Å². The molecule has 0 fully saturated rings. The number of aliphatic hydroxyl groups is 1. The van der Waals surface area contributed by atoms with Crippen molar-refractivity contribution in [2.45, 2.75) is 12.1 Å². The molecular weight excluding hydrogens is 482 g/mol. The predicted octanol–water partition coefficient (Wildman–Crippen LogP) is 3.74. The number of aromatic nitrogens is 2. The van der Waals surface area contributed by atoms with Crippen molar-refractivity contribution in [1.29, 1.82) is 0 Å². The van der Waals surface area contributed by atoms with Gasteiger partial charge in [0.25, 0.3) is 5.91 Å². The first-order chi connectivity index (χ1) is 17.4. The highest BCUT2D eigenvalue weighted by molar-refractivity contribution is 7.12. The topological polar surface area (TPSA) is 130 Å². The summed E-state index contributed by atoms with van der Waals surface area (Å²) in [5.74, 6) is -3.43.